The number of imide groups is 1. The molecular formula is C32H31N4O8+. The van der Waals surface area contributed by atoms with Crippen molar-refractivity contribution in [2.75, 3.05) is 39.6 Å². The smallest absolute Gasteiger partial charge is 0.336 e. The normalized spacial score (nSPS) is 13.0. The van der Waals surface area contributed by atoms with E-state index in [1.54, 1.807) is 0 Å². The summed E-state index contributed by atoms with van der Waals surface area (Å²) in [4.78, 5) is 67.8. The molecule has 2 heterocycles. The standard InChI is InChI=1S/C32H30N4O8/c1-34(2)19-6-9-22-25(16-19)43-26-17-20(35(3)4)7-10-23(26)30(22)24-15-18(5-8-21(24)32(41)42)31(40)33-14-13-29(39)44-36-27(37)11-12-28(36)38/h5-10,15-17H,11-14H2,1-4H3,(H-,33,40,41,42)/p+1. The highest BCUT2D eigenvalue weighted by molar-refractivity contribution is 6.09. The van der Waals surface area contributed by atoms with Crippen LogP contribution in [0.25, 0.3) is 33.4 Å². The molecule has 5 rings (SSSR count). The zero-order valence-corrected chi connectivity index (χ0v) is 24.7. The van der Waals surface area contributed by atoms with E-state index in [9.17, 15) is 29.1 Å². The second-order valence-electron chi connectivity index (χ2n) is 10.7. The molecule has 2 aromatic rings. The molecule has 0 unspecified atom stereocenters. The van der Waals surface area contributed by atoms with E-state index in [2.05, 4.69) is 5.32 Å². The molecule has 2 aromatic carbocycles. The molecule has 0 aromatic heterocycles. The van der Waals surface area contributed by atoms with Crippen molar-refractivity contribution in [3.05, 3.63) is 71.1 Å². The zero-order valence-electron chi connectivity index (χ0n) is 24.7. The third-order valence-electron chi connectivity index (χ3n) is 7.32. The lowest BCUT2D eigenvalue weighted by molar-refractivity contribution is -0.197. The third kappa shape index (κ3) is 5.87. The predicted molar refractivity (Wildman–Crippen MR) is 161 cm³/mol. The number of carbonyl (C=O) groups excluding carboxylic acids is 4. The lowest BCUT2D eigenvalue weighted by Crippen LogP contribution is -2.33. The molecule has 3 amide bonds. The fraction of sp³-hybridized carbons (Fsp3) is 0.250. The van der Waals surface area contributed by atoms with Crippen LogP contribution in [-0.4, -0.2) is 74.6 Å². The molecule has 1 aliphatic carbocycles. The van der Waals surface area contributed by atoms with E-state index in [1.165, 1.54) is 18.2 Å². The number of carboxylic acid groups (broad SMARTS) is 1. The monoisotopic (exact) mass is 599 g/mol. The van der Waals surface area contributed by atoms with Crippen LogP contribution in [0.1, 0.15) is 40.0 Å². The largest absolute Gasteiger partial charge is 0.478 e. The number of aromatic carboxylic acids is 1. The van der Waals surface area contributed by atoms with Crippen molar-refractivity contribution < 1.29 is 38.3 Å². The topological polar surface area (TPSA) is 149 Å². The van der Waals surface area contributed by atoms with E-state index in [0.717, 1.165) is 11.0 Å². The maximum absolute atomic E-state index is 13.1. The Labute approximate surface area is 252 Å². The summed E-state index contributed by atoms with van der Waals surface area (Å²) in [5.74, 6) is -3.22. The fourth-order valence-corrected chi connectivity index (χ4v) is 4.98. The third-order valence-corrected chi connectivity index (χ3v) is 7.32. The number of nitrogens with one attached hydrogen (secondary N) is 1. The molecule has 226 valence electrons. The van der Waals surface area contributed by atoms with Gasteiger partial charge in [-0.25, -0.2) is 14.2 Å². The van der Waals surface area contributed by atoms with Gasteiger partial charge in [0.05, 0.1) is 18.1 Å². The van der Waals surface area contributed by atoms with Gasteiger partial charge in [0.2, 0.25) is 5.36 Å². The van der Waals surface area contributed by atoms with Gasteiger partial charge in [-0.2, -0.15) is 0 Å². The average molecular weight is 600 g/mol. The summed E-state index contributed by atoms with van der Waals surface area (Å²) < 4.78 is 8.26. The van der Waals surface area contributed by atoms with Crippen LogP contribution < -0.4 is 20.1 Å². The summed E-state index contributed by atoms with van der Waals surface area (Å²) in [6.45, 7) is -0.138. The van der Waals surface area contributed by atoms with Crippen LogP contribution in [0.5, 0.6) is 0 Å². The molecule has 1 fully saturated rings. The van der Waals surface area contributed by atoms with Gasteiger partial charge < -0.3 is 24.6 Å². The molecule has 0 bridgehead atoms. The van der Waals surface area contributed by atoms with E-state index in [4.69, 9.17) is 9.25 Å². The Morgan fingerprint density at radius 1 is 0.977 bits per heavy atom. The van der Waals surface area contributed by atoms with Gasteiger partial charge in [0, 0.05) is 73.4 Å². The highest BCUT2D eigenvalue weighted by Gasteiger charge is 2.32. The van der Waals surface area contributed by atoms with E-state index in [-0.39, 0.29) is 36.9 Å². The molecule has 0 radical (unpaired) electrons. The number of carboxylic acids is 1. The number of nitrogens with zero attached hydrogens (tertiary/aromatic N) is 3. The molecular weight excluding hydrogens is 568 g/mol. The second-order valence-corrected chi connectivity index (χ2v) is 10.7. The van der Waals surface area contributed by atoms with Gasteiger partial charge in [0.25, 0.3) is 17.7 Å². The number of benzene rings is 3. The van der Waals surface area contributed by atoms with Gasteiger partial charge in [0.1, 0.15) is 25.4 Å². The number of fused-ring (bicyclic) bond motifs is 2. The Morgan fingerprint density at radius 3 is 2.36 bits per heavy atom. The Morgan fingerprint density at radius 2 is 1.70 bits per heavy atom. The SMILES string of the molecule is CN(C)c1ccc2c(-c3cc(C(=O)NCCC(=O)ON4C(=O)CCC4=O)ccc3C(=O)O)c3ccc(=[N+](C)C)cc-3oc2c1. The lowest BCUT2D eigenvalue weighted by Gasteiger charge is -2.19. The molecule has 12 nitrogen and oxygen atoms in total. The van der Waals surface area contributed by atoms with Crippen LogP contribution in [0.4, 0.5) is 5.69 Å². The summed E-state index contributed by atoms with van der Waals surface area (Å²) in [5, 5.41) is 14.8. The van der Waals surface area contributed by atoms with Crippen molar-refractivity contribution in [1.82, 2.24) is 15.0 Å². The summed E-state index contributed by atoms with van der Waals surface area (Å²) in [7, 11) is 7.62. The quantitative estimate of drug-likeness (QED) is 0.177. The van der Waals surface area contributed by atoms with Gasteiger partial charge in [-0.05, 0) is 42.0 Å². The summed E-state index contributed by atoms with van der Waals surface area (Å²) in [6, 6.07) is 15.6. The van der Waals surface area contributed by atoms with Gasteiger partial charge in [0.15, 0.2) is 0 Å². The molecule has 2 aliphatic heterocycles. The maximum Gasteiger partial charge on any atom is 0.336 e. The number of amides is 3. The highest BCUT2D eigenvalue weighted by atomic mass is 16.7. The molecule has 44 heavy (non-hydrogen) atoms. The van der Waals surface area contributed by atoms with Crippen molar-refractivity contribution >= 4 is 46.3 Å². The lowest BCUT2D eigenvalue weighted by atomic mass is 9.89. The zero-order chi connectivity index (χ0) is 31.7. The first-order valence-corrected chi connectivity index (χ1v) is 13.9. The number of anilines is 1. The molecule has 1 saturated heterocycles. The number of hydrogen-bond acceptors (Lipinski definition) is 8. The minimum Gasteiger partial charge on any atom is -0.478 e. The van der Waals surface area contributed by atoms with E-state index >= 15 is 0 Å². The Bertz CT molecular complexity index is 1870. The van der Waals surface area contributed by atoms with Crippen molar-refractivity contribution in [3.8, 4) is 22.5 Å². The highest BCUT2D eigenvalue weighted by Crippen LogP contribution is 2.42. The first-order chi connectivity index (χ1) is 20.9. The van der Waals surface area contributed by atoms with Crippen molar-refractivity contribution in [3.63, 3.8) is 0 Å². The molecule has 2 N–H and O–H groups in total. The van der Waals surface area contributed by atoms with Gasteiger partial charge in [-0.1, -0.05) is 0 Å². The first-order valence-electron chi connectivity index (χ1n) is 13.9. The Kier molecular flexibility index (Phi) is 8.17. The summed E-state index contributed by atoms with van der Waals surface area (Å²) >= 11 is 0. The molecule has 0 atom stereocenters. The van der Waals surface area contributed by atoms with Crippen LogP contribution in [0.2, 0.25) is 0 Å². The van der Waals surface area contributed by atoms with E-state index < -0.39 is 29.7 Å². The maximum atomic E-state index is 13.1. The Balaban J connectivity index is 1.53. The number of hydroxylamine groups is 2. The van der Waals surface area contributed by atoms with Crippen molar-refractivity contribution in [2.45, 2.75) is 19.3 Å². The van der Waals surface area contributed by atoms with Crippen LogP contribution >= 0.6 is 0 Å². The van der Waals surface area contributed by atoms with Crippen LogP contribution in [0, 0.1) is 0 Å². The second kappa shape index (κ2) is 12.0. The number of hydrogen-bond donors (Lipinski definition) is 2. The predicted octanol–water partition coefficient (Wildman–Crippen LogP) is 2.73. The number of carbonyl (C=O) groups is 5. The van der Waals surface area contributed by atoms with E-state index in [1.807, 2.05) is 74.1 Å². The summed E-state index contributed by atoms with van der Waals surface area (Å²) in [6.07, 6.45) is -0.336. The minimum atomic E-state index is -1.17. The molecule has 3 aliphatic rings. The van der Waals surface area contributed by atoms with Crippen molar-refractivity contribution in [1.29, 1.82) is 0 Å². The van der Waals surface area contributed by atoms with Gasteiger partial charge in [-0.15, -0.1) is 5.06 Å². The van der Waals surface area contributed by atoms with E-state index in [0.29, 0.717) is 38.5 Å². The molecule has 12 heteroatoms. The van der Waals surface area contributed by atoms with Crippen LogP contribution in [-0.2, 0) is 19.2 Å². The average Bonchev–Trinajstić information content (AvgIpc) is 3.30. The fourth-order valence-electron chi connectivity index (χ4n) is 4.98. The number of rotatable bonds is 8. The summed E-state index contributed by atoms with van der Waals surface area (Å²) in [5.41, 5.74) is 3.15. The van der Waals surface area contributed by atoms with Gasteiger partial charge in [-0.3, -0.25) is 14.4 Å². The minimum absolute atomic E-state index is 0.00718. The van der Waals surface area contributed by atoms with Crippen LogP contribution in [0.15, 0.2) is 59.0 Å². The van der Waals surface area contributed by atoms with Crippen molar-refractivity contribution in [2.24, 2.45) is 0 Å². The van der Waals surface area contributed by atoms with Crippen LogP contribution in [0.3, 0.4) is 0 Å². The van der Waals surface area contributed by atoms with Gasteiger partial charge >= 0.3 is 11.9 Å². The Hall–Kier alpha value is -5.52. The molecule has 0 spiro atoms. The molecule has 0 saturated carbocycles. The first kappa shape index (κ1) is 30.0.